The van der Waals surface area contributed by atoms with Crippen LogP contribution in [-0.2, 0) is 0 Å². The molecule has 2 fully saturated rings. The molecule has 2 aliphatic rings. The first kappa shape index (κ1) is 12.3. The maximum Gasteiger partial charge on any atom is 0.0254 e. The van der Waals surface area contributed by atoms with Gasteiger partial charge in [-0.25, -0.2) is 0 Å². The third-order valence-electron chi connectivity index (χ3n) is 4.05. The van der Waals surface area contributed by atoms with E-state index in [1.54, 1.807) is 0 Å². The highest BCUT2D eigenvalue weighted by molar-refractivity contribution is 4.86. The molecular formula is C13H27N3. The van der Waals surface area contributed by atoms with Crippen molar-refractivity contribution in [1.29, 1.82) is 0 Å². The second-order valence-corrected chi connectivity index (χ2v) is 5.92. The second kappa shape index (κ2) is 5.48. The molecule has 1 saturated heterocycles. The number of likely N-dealkylation sites (tertiary alicyclic amines) is 1. The Morgan fingerprint density at radius 1 is 1.25 bits per heavy atom. The van der Waals surface area contributed by atoms with Gasteiger partial charge in [0.25, 0.3) is 0 Å². The van der Waals surface area contributed by atoms with E-state index in [-0.39, 0.29) is 0 Å². The molecule has 1 heterocycles. The zero-order valence-corrected chi connectivity index (χ0v) is 11.1. The third kappa shape index (κ3) is 3.44. The van der Waals surface area contributed by atoms with Gasteiger partial charge in [0, 0.05) is 32.2 Å². The zero-order chi connectivity index (χ0) is 11.5. The lowest BCUT2D eigenvalue weighted by Gasteiger charge is -2.22. The van der Waals surface area contributed by atoms with Crippen LogP contribution in [0.25, 0.3) is 0 Å². The Morgan fingerprint density at radius 2 is 2.00 bits per heavy atom. The summed E-state index contributed by atoms with van der Waals surface area (Å²) in [6.07, 6.45) is 2.91. The lowest BCUT2D eigenvalue weighted by Crippen LogP contribution is -2.36. The topological polar surface area (TPSA) is 18.5 Å². The molecule has 0 radical (unpaired) electrons. The van der Waals surface area contributed by atoms with Gasteiger partial charge < -0.3 is 15.1 Å². The van der Waals surface area contributed by atoms with E-state index in [0.717, 1.165) is 17.9 Å². The van der Waals surface area contributed by atoms with Gasteiger partial charge in [0.1, 0.15) is 0 Å². The molecule has 3 nitrogen and oxygen atoms in total. The Bertz CT molecular complexity index is 213. The van der Waals surface area contributed by atoms with Gasteiger partial charge in [-0.15, -0.1) is 0 Å². The monoisotopic (exact) mass is 225 g/mol. The summed E-state index contributed by atoms with van der Waals surface area (Å²) in [5.74, 6) is 1.82. The highest BCUT2D eigenvalue weighted by Crippen LogP contribution is 2.27. The molecule has 0 amide bonds. The van der Waals surface area contributed by atoms with Crippen molar-refractivity contribution in [2.75, 3.05) is 46.8 Å². The number of hydrogen-bond acceptors (Lipinski definition) is 3. The van der Waals surface area contributed by atoms with E-state index in [4.69, 9.17) is 0 Å². The number of nitrogens with one attached hydrogen (secondary N) is 1. The molecule has 0 aromatic heterocycles. The van der Waals surface area contributed by atoms with Crippen LogP contribution in [0, 0.1) is 11.8 Å². The normalized spacial score (nSPS) is 31.5. The lowest BCUT2D eigenvalue weighted by molar-refractivity contribution is 0.252. The van der Waals surface area contributed by atoms with Crippen LogP contribution in [0.3, 0.4) is 0 Å². The molecule has 0 aromatic rings. The average molecular weight is 225 g/mol. The van der Waals surface area contributed by atoms with Gasteiger partial charge in [-0.1, -0.05) is 6.92 Å². The SMILES string of the molecule is CC1CN(CCNCC2CC2)CC1N(C)C. The first-order valence-electron chi connectivity index (χ1n) is 6.76. The van der Waals surface area contributed by atoms with E-state index in [1.807, 2.05) is 0 Å². The summed E-state index contributed by atoms with van der Waals surface area (Å²) < 4.78 is 0. The summed E-state index contributed by atoms with van der Waals surface area (Å²) >= 11 is 0. The smallest absolute Gasteiger partial charge is 0.0254 e. The maximum absolute atomic E-state index is 3.58. The van der Waals surface area contributed by atoms with Gasteiger partial charge >= 0.3 is 0 Å². The number of rotatable bonds is 6. The summed E-state index contributed by atoms with van der Waals surface area (Å²) in [5.41, 5.74) is 0. The first-order valence-corrected chi connectivity index (χ1v) is 6.76. The van der Waals surface area contributed by atoms with Crippen LogP contribution >= 0.6 is 0 Å². The van der Waals surface area contributed by atoms with Crippen LogP contribution < -0.4 is 5.32 Å². The summed E-state index contributed by atoms with van der Waals surface area (Å²) in [7, 11) is 4.41. The van der Waals surface area contributed by atoms with E-state index in [9.17, 15) is 0 Å². The van der Waals surface area contributed by atoms with Crippen molar-refractivity contribution in [1.82, 2.24) is 15.1 Å². The van der Waals surface area contributed by atoms with Crippen LogP contribution in [0.5, 0.6) is 0 Å². The van der Waals surface area contributed by atoms with Gasteiger partial charge in [-0.05, 0) is 45.3 Å². The number of nitrogens with zero attached hydrogens (tertiary/aromatic N) is 2. The van der Waals surface area contributed by atoms with Crippen LogP contribution in [0.4, 0.5) is 0 Å². The molecule has 1 N–H and O–H groups in total. The fourth-order valence-electron chi connectivity index (χ4n) is 2.77. The van der Waals surface area contributed by atoms with Gasteiger partial charge in [0.15, 0.2) is 0 Å². The number of hydrogen-bond donors (Lipinski definition) is 1. The Balaban J connectivity index is 1.59. The van der Waals surface area contributed by atoms with Crippen LogP contribution in [0.2, 0.25) is 0 Å². The lowest BCUT2D eigenvalue weighted by atomic mass is 10.1. The Labute approximate surface area is 100 Å². The van der Waals surface area contributed by atoms with E-state index in [0.29, 0.717) is 0 Å². The summed E-state index contributed by atoms with van der Waals surface area (Å²) in [4.78, 5) is 4.98. The standard InChI is InChI=1S/C13H27N3/c1-11-9-16(10-13(11)15(2)3)7-6-14-8-12-4-5-12/h11-14H,4-10H2,1-3H3. The van der Waals surface area contributed by atoms with Crippen LogP contribution in [0.1, 0.15) is 19.8 Å². The van der Waals surface area contributed by atoms with E-state index in [2.05, 4.69) is 36.1 Å². The molecule has 3 heteroatoms. The molecule has 0 spiro atoms. The van der Waals surface area contributed by atoms with Crippen molar-refractivity contribution < 1.29 is 0 Å². The molecule has 0 bridgehead atoms. The molecular weight excluding hydrogens is 198 g/mol. The minimum absolute atomic E-state index is 0.753. The van der Waals surface area contributed by atoms with Crippen molar-refractivity contribution in [2.45, 2.75) is 25.8 Å². The van der Waals surface area contributed by atoms with Crippen molar-refractivity contribution in [3.63, 3.8) is 0 Å². The predicted octanol–water partition coefficient (Wildman–Crippen LogP) is 0.868. The van der Waals surface area contributed by atoms with E-state index < -0.39 is 0 Å². The van der Waals surface area contributed by atoms with Gasteiger partial charge in [0.2, 0.25) is 0 Å². The van der Waals surface area contributed by atoms with Gasteiger partial charge in [0.05, 0.1) is 0 Å². The second-order valence-electron chi connectivity index (χ2n) is 5.92. The van der Waals surface area contributed by atoms with Gasteiger partial charge in [-0.3, -0.25) is 0 Å². The van der Waals surface area contributed by atoms with Crippen molar-refractivity contribution in [3.8, 4) is 0 Å². The minimum Gasteiger partial charge on any atom is -0.315 e. The van der Waals surface area contributed by atoms with Gasteiger partial charge in [-0.2, -0.15) is 0 Å². The van der Waals surface area contributed by atoms with E-state index >= 15 is 0 Å². The maximum atomic E-state index is 3.58. The average Bonchev–Trinajstić information content (AvgIpc) is 2.97. The van der Waals surface area contributed by atoms with Crippen LogP contribution in [-0.4, -0.2) is 62.7 Å². The molecule has 1 aliphatic carbocycles. The molecule has 1 saturated carbocycles. The molecule has 16 heavy (non-hydrogen) atoms. The Kier molecular flexibility index (Phi) is 4.22. The summed E-state index contributed by atoms with van der Waals surface area (Å²) in [6, 6.07) is 0.753. The highest BCUT2D eigenvalue weighted by atomic mass is 15.2. The Morgan fingerprint density at radius 3 is 2.56 bits per heavy atom. The fourth-order valence-corrected chi connectivity index (χ4v) is 2.77. The number of likely N-dealkylation sites (N-methyl/N-ethyl adjacent to an activating group) is 1. The summed E-state index contributed by atoms with van der Waals surface area (Å²) in [5, 5.41) is 3.58. The molecule has 1 aliphatic heterocycles. The van der Waals surface area contributed by atoms with Crippen molar-refractivity contribution in [3.05, 3.63) is 0 Å². The van der Waals surface area contributed by atoms with E-state index in [1.165, 1.54) is 45.6 Å². The van der Waals surface area contributed by atoms with Crippen molar-refractivity contribution in [2.24, 2.45) is 11.8 Å². The molecule has 0 aromatic carbocycles. The molecule has 2 atom stereocenters. The minimum atomic E-state index is 0.753. The molecule has 2 rings (SSSR count). The van der Waals surface area contributed by atoms with Crippen molar-refractivity contribution >= 4 is 0 Å². The quantitative estimate of drug-likeness (QED) is 0.677. The summed E-state index contributed by atoms with van der Waals surface area (Å²) in [6.45, 7) is 8.54. The third-order valence-corrected chi connectivity index (χ3v) is 4.05. The fraction of sp³-hybridized carbons (Fsp3) is 1.00. The van der Waals surface area contributed by atoms with Crippen LogP contribution in [0.15, 0.2) is 0 Å². The predicted molar refractivity (Wildman–Crippen MR) is 68.7 cm³/mol. The largest absolute Gasteiger partial charge is 0.315 e. The Hall–Kier alpha value is -0.120. The highest BCUT2D eigenvalue weighted by Gasteiger charge is 2.30. The first-order chi connectivity index (χ1) is 7.66. The molecule has 94 valence electrons. The zero-order valence-electron chi connectivity index (χ0n) is 11.1. The molecule has 2 unspecified atom stereocenters.